The predicted molar refractivity (Wildman–Crippen MR) is 94.5 cm³/mol. The number of nitrogens with zero attached hydrogens (tertiary/aromatic N) is 2. The summed E-state index contributed by atoms with van der Waals surface area (Å²) in [6.45, 7) is 4.91. The molecule has 24 heavy (non-hydrogen) atoms. The third-order valence-electron chi connectivity index (χ3n) is 3.83. The summed E-state index contributed by atoms with van der Waals surface area (Å²) >= 11 is 0. The van der Waals surface area contributed by atoms with E-state index in [4.69, 9.17) is 4.74 Å². The number of rotatable bonds is 7. The number of methoxy groups -OCH3 is 1. The molecular formula is C19H25N3O2. The zero-order chi connectivity index (χ0) is 17.4. The predicted octanol–water partition coefficient (Wildman–Crippen LogP) is 3.39. The molecule has 5 heteroatoms. The smallest absolute Gasteiger partial charge is 0.318 e. The van der Waals surface area contributed by atoms with Crippen LogP contribution in [0.1, 0.15) is 31.1 Å². The highest BCUT2D eigenvalue weighted by atomic mass is 16.5. The molecule has 1 aromatic carbocycles. The van der Waals surface area contributed by atoms with Crippen LogP contribution in [0.3, 0.4) is 0 Å². The number of urea groups is 1. The Hall–Kier alpha value is -2.40. The molecule has 1 N–H and O–H groups in total. The molecule has 5 nitrogen and oxygen atoms in total. The number of carbonyl (C=O) groups excluding carboxylic acids is 1. The van der Waals surface area contributed by atoms with Crippen molar-refractivity contribution >= 4 is 6.03 Å². The first-order chi connectivity index (χ1) is 11.6. The zero-order valence-electron chi connectivity index (χ0n) is 14.5. The Kier molecular flexibility index (Phi) is 6.75. The number of benzene rings is 1. The standard InChI is InChI=1S/C19H25N3O2/c1-15(14-24-3)21-19(23)22(13-17-9-5-4-6-10-17)16(2)18-11-7-8-12-20-18/h4-12,15-16H,13-14H2,1-3H3,(H,21,23). The van der Waals surface area contributed by atoms with Gasteiger partial charge >= 0.3 is 6.03 Å². The minimum absolute atomic E-state index is 0.0586. The normalized spacial score (nSPS) is 13.1. The Bertz CT molecular complexity index is 619. The van der Waals surface area contributed by atoms with Crippen LogP contribution in [0.5, 0.6) is 0 Å². The summed E-state index contributed by atoms with van der Waals surface area (Å²) in [4.78, 5) is 19.0. The lowest BCUT2D eigenvalue weighted by atomic mass is 10.1. The Balaban J connectivity index is 2.18. The Labute approximate surface area is 143 Å². The molecule has 2 rings (SSSR count). The number of hydrogen-bond donors (Lipinski definition) is 1. The van der Waals surface area contributed by atoms with Crippen LogP contribution in [-0.2, 0) is 11.3 Å². The molecule has 2 aromatic rings. The summed E-state index contributed by atoms with van der Waals surface area (Å²) in [5, 5.41) is 2.99. The van der Waals surface area contributed by atoms with Crippen LogP contribution >= 0.6 is 0 Å². The van der Waals surface area contributed by atoms with Crippen LogP contribution in [0.15, 0.2) is 54.7 Å². The summed E-state index contributed by atoms with van der Waals surface area (Å²) in [6, 6.07) is 15.4. The van der Waals surface area contributed by atoms with Crippen LogP contribution in [-0.4, -0.2) is 35.7 Å². The average Bonchev–Trinajstić information content (AvgIpc) is 2.61. The second kappa shape index (κ2) is 9.03. The second-order valence-corrected chi connectivity index (χ2v) is 5.85. The maximum absolute atomic E-state index is 12.8. The third kappa shape index (κ3) is 5.06. The molecule has 2 unspecified atom stereocenters. The summed E-state index contributed by atoms with van der Waals surface area (Å²) in [5.74, 6) is 0. The van der Waals surface area contributed by atoms with Gasteiger partial charge in [-0.3, -0.25) is 4.98 Å². The average molecular weight is 327 g/mol. The van der Waals surface area contributed by atoms with E-state index in [9.17, 15) is 4.79 Å². The minimum atomic E-state index is -0.138. The van der Waals surface area contributed by atoms with Crippen molar-refractivity contribution in [3.63, 3.8) is 0 Å². The Morgan fingerprint density at radius 2 is 1.88 bits per heavy atom. The van der Waals surface area contributed by atoms with Gasteiger partial charge in [-0.05, 0) is 31.5 Å². The molecule has 0 aliphatic carbocycles. The van der Waals surface area contributed by atoms with E-state index in [1.54, 1.807) is 18.2 Å². The Morgan fingerprint density at radius 3 is 2.50 bits per heavy atom. The quantitative estimate of drug-likeness (QED) is 0.848. The lowest BCUT2D eigenvalue weighted by Crippen LogP contribution is -2.46. The SMILES string of the molecule is COCC(C)NC(=O)N(Cc1ccccc1)C(C)c1ccccn1. The fourth-order valence-corrected chi connectivity index (χ4v) is 2.53. The van der Waals surface area contributed by atoms with Crippen molar-refractivity contribution in [2.24, 2.45) is 0 Å². The number of aromatic nitrogens is 1. The molecule has 2 atom stereocenters. The summed E-state index contributed by atoms with van der Waals surface area (Å²) in [6.07, 6.45) is 1.75. The van der Waals surface area contributed by atoms with E-state index in [1.807, 2.05) is 62.4 Å². The minimum Gasteiger partial charge on any atom is -0.383 e. The molecule has 0 saturated carbocycles. The molecule has 0 fully saturated rings. The van der Waals surface area contributed by atoms with E-state index in [2.05, 4.69) is 10.3 Å². The van der Waals surface area contributed by atoms with Crippen LogP contribution in [0.25, 0.3) is 0 Å². The van der Waals surface area contributed by atoms with Crippen LogP contribution in [0, 0.1) is 0 Å². The van der Waals surface area contributed by atoms with Gasteiger partial charge in [0.25, 0.3) is 0 Å². The lowest BCUT2D eigenvalue weighted by Gasteiger charge is -2.30. The number of hydrogen-bond acceptors (Lipinski definition) is 3. The molecule has 0 radical (unpaired) electrons. The molecule has 0 bridgehead atoms. The Morgan fingerprint density at radius 1 is 1.17 bits per heavy atom. The number of pyridine rings is 1. The molecule has 0 saturated heterocycles. The van der Waals surface area contributed by atoms with Gasteiger partial charge in [0.1, 0.15) is 0 Å². The topological polar surface area (TPSA) is 54.5 Å². The van der Waals surface area contributed by atoms with Crippen LogP contribution in [0.4, 0.5) is 4.79 Å². The van der Waals surface area contributed by atoms with Crippen molar-refractivity contribution in [2.75, 3.05) is 13.7 Å². The lowest BCUT2D eigenvalue weighted by molar-refractivity contribution is 0.148. The van der Waals surface area contributed by atoms with Gasteiger partial charge in [0.15, 0.2) is 0 Å². The number of nitrogens with one attached hydrogen (secondary N) is 1. The van der Waals surface area contributed by atoms with Gasteiger partial charge in [-0.25, -0.2) is 4.79 Å². The van der Waals surface area contributed by atoms with Gasteiger partial charge in [-0.1, -0.05) is 36.4 Å². The summed E-state index contributed by atoms with van der Waals surface area (Å²) in [5.41, 5.74) is 1.94. The van der Waals surface area contributed by atoms with Crippen molar-refractivity contribution < 1.29 is 9.53 Å². The highest BCUT2D eigenvalue weighted by molar-refractivity contribution is 5.75. The fourth-order valence-electron chi connectivity index (χ4n) is 2.53. The molecule has 2 amide bonds. The molecule has 0 spiro atoms. The van der Waals surface area contributed by atoms with Crippen molar-refractivity contribution in [1.29, 1.82) is 0 Å². The van der Waals surface area contributed by atoms with Gasteiger partial charge < -0.3 is 15.0 Å². The summed E-state index contributed by atoms with van der Waals surface area (Å²) < 4.78 is 5.10. The monoisotopic (exact) mass is 327 g/mol. The molecule has 128 valence electrons. The van der Waals surface area contributed by atoms with Crippen LogP contribution in [0.2, 0.25) is 0 Å². The van der Waals surface area contributed by atoms with E-state index in [-0.39, 0.29) is 18.1 Å². The first kappa shape index (κ1) is 17.9. The number of carbonyl (C=O) groups is 1. The van der Waals surface area contributed by atoms with Crippen molar-refractivity contribution in [3.05, 3.63) is 66.0 Å². The number of ether oxygens (including phenoxy) is 1. The van der Waals surface area contributed by atoms with E-state index < -0.39 is 0 Å². The molecule has 0 aliphatic rings. The second-order valence-electron chi connectivity index (χ2n) is 5.85. The van der Waals surface area contributed by atoms with E-state index in [1.165, 1.54) is 0 Å². The molecule has 1 aromatic heterocycles. The van der Waals surface area contributed by atoms with Gasteiger partial charge in [0.2, 0.25) is 0 Å². The van der Waals surface area contributed by atoms with Gasteiger partial charge in [-0.15, -0.1) is 0 Å². The highest BCUT2D eigenvalue weighted by Crippen LogP contribution is 2.21. The van der Waals surface area contributed by atoms with Crippen molar-refractivity contribution in [1.82, 2.24) is 15.2 Å². The first-order valence-corrected chi connectivity index (χ1v) is 8.12. The van der Waals surface area contributed by atoms with Gasteiger partial charge in [-0.2, -0.15) is 0 Å². The fraction of sp³-hybridized carbons (Fsp3) is 0.368. The number of amides is 2. The van der Waals surface area contributed by atoms with Gasteiger partial charge in [0.05, 0.1) is 24.4 Å². The third-order valence-corrected chi connectivity index (χ3v) is 3.83. The van der Waals surface area contributed by atoms with Crippen molar-refractivity contribution in [3.8, 4) is 0 Å². The molecule has 0 aliphatic heterocycles. The largest absolute Gasteiger partial charge is 0.383 e. The van der Waals surface area contributed by atoms with Crippen LogP contribution < -0.4 is 5.32 Å². The molecular weight excluding hydrogens is 302 g/mol. The summed E-state index contributed by atoms with van der Waals surface area (Å²) in [7, 11) is 1.63. The maximum Gasteiger partial charge on any atom is 0.318 e. The van der Waals surface area contributed by atoms with E-state index in [0.717, 1.165) is 11.3 Å². The van der Waals surface area contributed by atoms with E-state index >= 15 is 0 Å². The van der Waals surface area contributed by atoms with E-state index in [0.29, 0.717) is 13.2 Å². The zero-order valence-corrected chi connectivity index (χ0v) is 14.5. The molecule has 1 heterocycles. The first-order valence-electron chi connectivity index (χ1n) is 8.12. The highest BCUT2D eigenvalue weighted by Gasteiger charge is 2.23. The van der Waals surface area contributed by atoms with Crippen molar-refractivity contribution in [2.45, 2.75) is 32.5 Å². The maximum atomic E-state index is 12.8. The van der Waals surface area contributed by atoms with Gasteiger partial charge in [0, 0.05) is 19.9 Å².